The molecule has 8 nitrogen and oxygen atoms in total. The van der Waals surface area contributed by atoms with Gasteiger partial charge in [-0.25, -0.2) is 9.78 Å². The molecule has 3 aromatic carbocycles. The number of carbonyl (C=O) groups excluding carboxylic acids is 2. The van der Waals surface area contributed by atoms with Gasteiger partial charge in [-0.15, -0.1) is 0 Å². The Morgan fingerprint density at radius 1 is 0.949 bits per heavy atom. The topological polar surface area (TPSA) is 116 Å². The zero-order valence-electron chi connectivity index (χ0n) is 22.2. The Bertz CT molecular complexity index is 1310. The molecule has 0 saturated heterocycles. The summed E-state index contributed by atoms with van der Waals surface area (Å²) in [6, 6.07) is 27.0. The number of ether oxygens (including phenoxy) is 1. The molecule has 39 heavy (non-hydrogen) atoms. The zero-order valence-corrected chi connectivity index (χ0v) is 22.2. The van der Waals surface area contributed by atoms with Crippen LogP contribution in [0.25, 0.3) is 11.0 Å². The minimum Gasteiger partial charge on any atom is -0.445 e. The lowest BCUT2D eigenvalue weighted by molar-refractivity contribution is -0.123. The van der Waals surface area contributed by atoms with Gasteiger partial charge < -0.3 is 25.5 Å². The van der Waals surface area contributed by atoms with E-state index in [1.54, 1.807) is 0 Å². The summed E-state index contributed by atoms with van der Waals surface area (Å²) in [4.78, 5) is 32.6. The average molecular weight is 529 g/mol. The average Bonchev–Trinajstić information content (AvgIpc) is 3.40. The van der Waals surface area contributed by atoms with E-state index >= 15 is 0 Å². The number of hydrogen-bond donors (Lipinski definition) is 4. The van der Waals surface area contributed by atoms with E-state index in [0.717, 1.165) is 22.2 Å². The van der Waals surface area contributed by atoms with E-state index < -0.39 is 11.7 Å². The molecule has 2 unspecified atom stereocenters. The molecule has 0 spiro atoms. The van der Waals surface area contributed by atoms with Crippen LogP contribution in [-0.4, -0.2) is 40.2 Å². The van der Waals surface area contributed by atoms with Gasteiger partial charge in [0.1, 0.15) is 18.0 Å². The van der Waals surface area contributed by atoms with E-state index in [0.29, 0.717) is 31.6 Å². The number of aromatic nitrogens is 2. The fourth-order valence-corrected chi connectivity index (χ4v) is 4.39. The van der Waals surface area contributed by atoms with Crippen molar-refractivity contribution in [1.29, 1.82) is 0 Å². The van der Waals surface area contributed by atoms with E-state index in [-0.39, 0.29) is 31.4 Å². The van der Waals surface area contributed by atoms with Crippen LogP contribution in [0.5, 0.6) is 0 Å². The third-order valence-electron chi connectivity index (χ3n) is 6.73. The van der Waals surface area contributed by atoms with Gasteiger partial charge in [-0.05, 0) is 48.4 Å². The number of imidazole rings is 1. The third kappa shape index (κ3) is 8.41. The van der Waals surface area contributed by atoms with Crippen LogP contribution < -0.4 is 10.6 Å². The maximum Gasteiger partial charge on any atom is 0.407 e. The van der Waals surface area contributed by atoms with Crippen LogP contribution in [0.2, 0.25) is 0 Å². The second-order valence-electron chi connectivity index (χ2n) is 9.98. The molecule has 0 aliphatic rings. The molecule has 2 atom stereocenters. The van der Waals surface area contributed by atoms with E-state index in [1.807, 2.05) is 91.9 Å². The van der Waals surface area contributed by atoms with Crippen LogP contribution in [0.15, 0.2) is 84.9 Å². The molecule has 0 saturated carbocycles. The second kappa shape index (κ2) is 13.6. The van der Waals surface area contributed by atoms with Crippen molar-refractivity contribution in [3.05, 3.63) is 102 Å². The van der Waals surface area contributed by atoms with Crippen molar-refractivity contribution in [2.45, 2.75) is 44.8 Å². The van der Waals surface area contributed by atoms with Crippen molar-refractivity contribution in [1.82, 2.24) is 20.6 Å². The first-order chi connectivity index (χ1) is 18.9. The number of hydrogen-bond acceptors (Lipinski definition) is 5. The predicted molar refractivity (Wildman–Crippen MR) is 151 cm³/mol. The standard InChI is InChI=1S/C31H36N4O4/c1-23(17-19-32-30(37)39-21-25-12-6-3-7-13-25)20-28(36)33-22-31(38,18-16-24-10-4-2-5-11-24)29-34-26-14-8-9-15-27(26)35-29/h2-15,23,38H,16-22H2,1H3,(H,32,37)(H,33,36)(H,34,35). The number of aromatic amines is 1. The van der Waals surface area contributed by atoms with Gasteiger partial charge in [0, 0.05) is 13.0 Å². The van der Waals surface area contributed by atoms with Gasteiger partial charge >= 0.3 is 6.09 Å². The normalized spacial score (nSPS) is 13.4. The molecule has 204 valence electrons. The number of fused-ring (bicyclic) bond motifs is 1. The lowest BCUT2D eigenvalue weighted by Gasteiger charge is -2.27. The summed E-state index contributed by atoms with van der Waals surface area (Å²) in [6.07, 6.45) is 1.43. The first kappa shape index (κ1) is 27.9. The Kier molecular flexibility index (Phi) is 9.69. The molecule has 1 aromatic heterocycles. The van der Waals surface area contributed by atoms with Crippen LogP contribution in [-0.2, 0) is 28.2 Å². The minimum atomic E-state index is -1.36. The molecule has 4 N–H and O–H groups in total. The molecular weight excluding hydrogens is 492 g/mol. The van der Waals surface area contributed by atoms with Gasteiger partial charge in [0.2, 0.25) is 5.91 Å². The SMILES string of the molecule is CC(CCNC(=O)OCc1ccccc1)CC(=O)NCC(O)(CCc1ccccc1)c1nc2ccccc2[nH]1. The summed E-state index contributed by atoms with van der Waals surface area (Å²) in [5.41, 5.74) is 2.25. The summed E-state index contributed by atoms with van der Waals surface area (Å²) in [7, 11) is 0. The van der Waals surface area contributed by atoms with Crippen molar-refractivity contribution in [3.8, 4) is 0 Å². The number of amides is 2. The maximum atomic E-state index is 12.8. The number of rotatable bonds is 13. The summed E-state index contributed by atoms with van der Waals surface area (Å²) in [5.74, 6) is 0.303. The highest BCUT2D eigenvalue weighted by Crippen LogP contribution is 2.26. The van der Waals surface area contributed by atoms with Crippen LogP contribution >= 0.6 is 0 Å². The second-order valence-corrected chi connectivity index (χ2v) is 9.98. The molecule has 8 heteroatoms. The monoisotopic (exact) mass is 528 g/mol. The van der Waals surface area contributed by atoms with Crippen LogP contribution in [0.4, 0.5) is 4.79 Å². The minimum absolute atomic E-state index is 0.0306. The number of alkyl carbamates (subject to hydrolysis) is 1. The number of H-pyrrole nitrogens is 1. The molecule has 0 aliphatic heterocycles. The van der Waals surface area contributed by atoms with Crippen molar-refractivity contribution in [2.24, 2.45) is 5.92 Å². The maximum absolute atomic E-state index is 12.8. The van der Waals surface area contributed by atoms with E-state index in [1.165, 1.54) is 0 Å². The fraction of sp³-hybridized carbons (Fsp3) is 0.323. The molecule has 2 amide bonds. The molecule has 4 aromatic rings. The Morgan fingerprint density at radius 3 is 2.33 bits per heavy atom. The lowest BCUT2D eigenvalue weighted by atomic mass is 9.93. The zero-order chi connectivity index (χ0) is 27.5. The quantitative estimate of drug-likeness (QED) is 0.198. The number of nitrogens with zero attached hydrogens (tertiary/aromatic N) is 1. The van der Waals surface area contributed by atoms with Crippen molar-refractivity contribution < 1.29 is 19.4 Å². The first-order valence-electron chi connectivity index (χ1n) is 13.3. The highest BCUT2D eigenvalue weighted by molar-refractivity contribution is 5.77. The van der Waals surface area contributed by atoms with Gasteiger partial charge in [-0.3, -0.25) is 4.79 Å². The van der Waals surface area contributed by atoms with E-state index in [9.17, 15) is 14.7 Å². The molecule has 1 heterocycles. The summed E-state index contributed by atoms with van der Waals surface area (Å²) in [5, 5.41) is 17.3. The number of para-hydroxylation sites is 2. The van der Waals surface area contributed by atoms with Crippen LogP contribution in [0.3, 0.4) is 0 Å². The highest BCUT2D eigenvalue weighted by Gasteiger charge is 2.33. The summed E-state index contributed by atoms with van der Waals surface area (Å²) < 4.78 is 5.22. The highest BCUT2D eigenvalue weighted by atomic mass is 16.5. The number of aliphatic hydroxyl groups is 1. The fourth-order valence-electron chi connectivity index (χ4n) is 4.39. The van der Waals surface area contributed by atoms with Gasteiger partial charge in [0.05, 0.1) is 17.6 Å². The molecule has 0 bridgehead atoms. The van der Waals surface area contributed by atoms with Gasteiger partial charge in [-0.1, -0.05) is 79.7 Å². The smallest absolute Gasteiger partial charge is 0.407 e. The van der Waals surface area contributed by atoms with Gasteiger partial charge in [-0.2, -0.15) is 0 Å². The largest absolute Gasteiger partial charge is 0.445 e. The Morgan fingerprint density at radius 2 is 1.62 bits per heavy atom. The number of nitrogens with one attached hydrogen (secondary N) is 3. The van der Waals surface area contributed by atoms with Crippen molar-refractivity contribution in [3.63, 3.8) is 0 Å². The van der Waals surface area contributed by atoms with Crippen molar-refractivity contribution >= 4 is 23.0 Å². The molecule has 0 radical (unpaired) electrons. The number of benzene rings is 3. The number of carbonyl (C=O) groups is 2. The molecule has 0 aliphatic carbocycles. The Labute approximate surface area is 228 Å². The number of aryl methyl sites for hydroxylation is 1. The first-order valence-corrected chi connectivity index (χ1v) is 13.3. The van der Waals surface area contributed by atoms with Crippen LogP contribution in [0, 0.1) is 5.92 Å². The third-order valence-corrected chi connectivity index (χ3v) is 6.73. The summed E-state index contributed by atoms with van der Waals surface area (Å²) >= 11 is 0. The van der Waals surface area contributed by atoms with Gasteiger partial charge in [0.25, 0.3) is 0 Å². The lowest BCUT2D eigenvalue weighted by Crippen LogP contribution is -2.42. The molecule has 0 fully saturated rings. The molecule has 4 rings (SSSR count). The predicted octanol–water partition coefficient (Wildman–Crippen LogP) is 4.84. The van der Waals surface area contributed by atoms with E-state index in [4.69, 9.17) is 4.74 Å². The Hall–Kier alpha value is -4.17. The summed E-state index contributed by atoms with van der Waals surface area (Å²) in [6.45, 7) is 2.61. The molecular formula is C31H36N4O4. The van der Waals surface area contributed by atoms with Crippen molar-refractivity contribution in [2.75, 3.05) is 13.1 Å². The van der Waals surface area contributed by atoms with E-state index in [2.05, 4.69) is 20.6 Å². The van der Waals surface area contributed by atoms with Crippen LogP contribution in [0.1, 0.15) is 43.1 Å². The Balaban J connectivity index is 1.26. The van der Waals surface area contributed by atoms with Gasteiger partial charge in [0.15, 0.2) is 0 Å².